The van der Waals surface area contributed by atoms with Gasteiger partial charge in [-0.1, -0.05) is 148 Å². The summed E-state index contributed by atoms with van der Waals surface area (Å²) in [7, 11) is -12.0. The zero-order chi connectivity index (χ0) is 52.1. The molecule has 0 saturated carbocycles. The van der Waals surface area contributed by atoms with Crippen LogP contribution in [-0.2, 0) is 43.0 Å². The molecule has 0 aliphatic carbocycles. The van der Waals surface area contributed by atoms with Crippen LogP contribution in [0.2, 0.25) is 0 Å². The van der Waals surface area contributed by atoms with Crippen molar-refractivity contribution in [1.82, 2.24) is 9.44 Å². The van der Waals surface area contributed by atoms with Crippen molar-refractivity contribution in [2.45, 2.75) is 170 Å². The fourth-order valence-corrected chi connectivity index (χ4v) is 13.8. The van der Waals surface area contributed by atoms with Gasteiger partial charge in [0.05, 0.1) is 44.1 Å². The molecule has 3 N–H and O–H groups in total. The van der Waals surface area contributed by atoms with Crippen LogP contribution in [0.15, 0.2) is 116 Å². The van der Waals surface area contributed by atoms with Crippen LogP contribution in [0.25, 0.3) is 33.1 Å². The lowest BCUT2D eigenvalue weighted by atomic mass is 9.96. The van der Waals surface area contributed by atoms with Crippen LogP contribution in [-0.4, -0.2) is 56.0 Å². The predicted octanol–water partition coefficient (Wildman–Crippen LogP) is 14.6. The highest BCUT2D eigenvalue weighted by Crippen LogP contribution is 2.45. The molecule has 0 spiro atoms. The minimum absolute atomic E-state index is 0.226. The highest BCUT2D eigenvalue weighted by Gasteiger charge is 2.31. The number of nitrogens with one attached hydrogen (secondary N) is 2. The summed E-state index contributed by atoms with van der Waals surface area (Å²) in [5.41, 5.74) is 7.14. The van der Waals surface area contributed by atoms with E-state index in [1.807, 2.05) is 48.5 Å². The lowest BCUT2D eigenvalue weighted by Crippen LogP contribution is -2.24. The van der Waals surface area contributed by atoms with E-state index in [9.17, 15) is 29.8 Å². The smallest absolute Gasteiger partial charge is 0.341 e. The molecule has 0 saturated heterocycles. The SMILES string of the molecule is CCCCCCCCCCCCNS(=O)(=O)c1ccc2c(c1)CCN2c1ccc2c(-c3ccccc3S(=O)(=O)O)c3ccc(N4CCc5cc(S(=O)(=O)NCCCCCCCCCCCC)ccc54)cc3[o+]c2c1. The Morgan fingerprint density at radius 3 is 1.31 bits per heavy atom. The number of rotatable bonds is 30. The van der Waals surface area contributed by atoms with E-state index in [2.05, 4.69) is 33.1 Å². The second kappa shape index (κ2) is 25.8. The molecule has 74 heavy (non-hydrogen) atoms. The summed E-state index contributed by atoms with van der Waals surface area (Å²) in [5, 5.41) is 1.28. The van der Waals surface area contributed by atoms with E-state index < -0.39 is 30.2 Å². The fraction of sp³-hybridized carbons (Fsp3) is 0.475. The van der Waals surface area contributed by atoms with Gasteiger partial charge in [0.25, 0.3) is 10.1 Å². The predicted molar refractivity (Wildman–Crippen MR) is 302 cm³/mol. The third-order valence-electron chi connectivity index (χ3n) is 14.9. The number of unbranched alkanes of at least 4 members (excludes halogenated alkanes) is 18. The maximum absolute atomic E-state index is 13.4. The molecule has 12 nitrogen and oxygen atoms in total. The summed E-state index contributed by atoms with van der Waals surface area (Å²) in [5.74, 6) is 0. The molecule has 398 valence electrons. The summed E-state index contributed by atoms with van der Waals surface area (Å²) in [6, 6.07) is 28.5. The van der Waals surface area contributed by atoms with Gasteiger partial charge < -0.3 is 9.80 Å². The molecule has 8 rings (SSSR count). The minimum Gasteiger partial charge on any atom is -0.341 e. The summed E-state index contributed by atoms with van der Waals surface area (Å²) in [6.07, 6.45) is 24.9. The summed E-state index contributed by atoms with van der Waals surface area (Å²) in [4.78, 5) is 4.54. The van der Waals surface area contributed by atoms with Gasteiger partial charge in [-0.05, 0) is 104 Å². The van der Waals surface area contributed by atoms with Crippen molar-refractivity contribution in [2.75, 3.05) is 36.0 Å². The van der Waals surface area contributed by atoms with E-state index in [-0.39, 0.29) is 14.7 Å². The Bertz CT molecular complexity index is 3040. The van der Waals surface area contributed by atoms with Gasteiger partial charge in [-0.2, -0.15) is 8.42 Å². The van der Waals surface area contributed by atoms with E-state index in [1.165, 1.54) is 96.0 Å². The van der Waals surface area contributed by atoms with Crippen molar-refractivity contribution in [3.05, 3.63) is 108 Å². The summed E-state index contributed by atoms with van der Waals surface area (Å²) >= 11 is 0. The molecule has 1 aromatic heterocycles. The van der Waals surface area contributed by atoms with Crippen LogP contribution in [0.1, 0.15) is 153 Å². The van der Waals surface area contributed by atoms with Crippen molar-refractivity contribution in [1.29, 1.82) is 0 Å². The number of hydrogen-bond acceptors (Lipinski definition) is 8. The molecular weight excluding hydrogens is 989 g/mol. The molecule has 6 aromatic rings. The molecule has 2 aliphatic rings. The quantitative estimate of drug-likeness (QED) is 0.0171. The Morgan fingerprint density at radius 2 is 0.892 bits per heavy atom. The van der Waals surface area contributed by atoms with Gasteiger partial charge in [0.15, 0.2) is 0 Å². The van der Waals surface area contributed by atoms with E-state index >= 15 is 0 Å². The first-order chi connectivity index (χ1) is 35.8. The van der Waals surface area contributed by atoms with Gasteiger partial charge in [0.1, 0.15) is 4.90 Å². The largest absolute Gasteiger partial charge is 0.363 e. The first kappa shape index (κ1) is 55.3. The molecule has 5 aromatic carbocycles. The van der Waals surface area contributed by atoms with Crippen molar-refractivity contribution in [2.24, 2.45) is 0 Å². The number of hydrogen-bond donors (Lipinski definition) is 3. The van der Waals surface area contributed by atoms with Crippen LogP contribution >= 0.6 is 0 Å². The third kappa shape index (κ3) is 13.7. The van der Waals surface area contributed by atoms with Crippen molar-refractivity contribution >= 4 is 74.9 Å². The molecule has 0 atom stereocenters. The number of fused-ring (bicyclic) bond motifs is 4. The molecule has 15 heteroatoms. The van der Waals surface area contributed by atoms with Gasteiger partial charge in [0, 0.05) is 48.7 Å². The molecule has 0 unspecified atom stereocenters. The Labute approximate surface area is 441 Å². The highest BCUT2D eigenvalue weighted by atomic mass is 32.2. The number of nitrogens with zero attached hydrogens (tertiary/aromatic N) is 2. The lowest BCUT2D eigenvalue weighted by Gasteiger charge is -2.20. The number of benzene rings is 5. The first-order valence-corrected chi connectivity index (χ1v) is 31.9. The van der Waals surface area contributed by atoms with Crippen LogP contribution in [0.4, 0.5) is 22.7 Å². The van der Waals surface area contributed by atoms with E-state index in [0.29, 0.717) is 72.1 Å². The lowest BCUT2D eigenvalue weighted by molar-refractivity contribution is 0.483. The minimum atomic E-state index is -4.63. The molecule has 0 fully saturated rings. The topological polar surface area (TPSA) is 164 Å². The second-order valence-corrected chi connectivity index (χ2v) is 25.3. The molecule has 3 heterocycles. The van der Waals surface area contributed by atoms with E-state index in [1.54, 1.807) is 42.5 Å². The van der Waals surface area contributed by atoms with Gasteiger partial charge in [-0.15, -0.1) is 0 Å². The Hall–Kier alpha value is -4.90. The average Bonchev–Trinajstić information content (AvgIpc) is 4.03. The van der Waals surface area contributed by atoms with Crippen LogP contribution < -0.4 is 19.2 Å². The highest BCUT2D eigenvalue weighted by molar-refractivity contribution is 7.89. The second-order valence-electron chi connectivity index (χ2n) is 20.4. The zero-order valence-corrected chi connectivity index (χ0v) is 46.0. The maximum atomic E-state index is 13.4. The van der Waals surface area contributed by atoms with Gasteiger partial charge in [0.2, 0.25) is 20.0 Å². The zero-order valence-electron chi connectivity index (χ0n) is 43.5. The Morgan fingerprint density at radius 1 is 0.486 bits per heavy atom. The first-order valence-electron chi connectivity index (χ1n) is 27.5. The molecule has 0 amide bonds. The van der Waals surface area contributed by atoms with E-state index in [0.717, 1.165) is 72.4 Å². The molecule has 0 radical (unpaired) electrons. The number of anilines is 4. The standard InChI is InChI=1S/C59H76N4O8S3/c1-3-5-7-9-11-13-15-17-19-23-37-60-72(64,65)49-29-33-54-45(41-49)35-39-62(54)47-27-31-51-56(43-47)71-57-44-48(28-32-52(57)59(51)53-25-21-22-26-58(53)74(68,69)70)63-40-36-46-42-50(30-34-55(46)63)73(66,67)61-38-24-20-18-16-14-12-10-8-6-4-2/h21-22,25-34,41-44,60-61H,3-20,23-24,35-40H2,1-2H3/p+1. The Kier molecular flexibility index (Phi) is 19.3. The monoisotopic (exact) mass is 1070 g/mol. The molecule has 2 aliphatic heterocycles. The summed E-state index contributed by atoms with van der Waals surface area (Å²) in [6.45, 7) is 6.50. The van der Waals surface area contributed by atoms with Crippen molar-refractivity contribution < 1.29 is 34.2 Å². The summed E-state index contributed by atoms with van der Waals surface area (Å²) < 4.78 is 102. The molecular formula is C59H77N4O8S3+. The fourth-order valence-electron chi connectivity index (χ4n) is 10.8. The third-order valence-corrected chi connectivity index (χ3v) is 18.7. The van der Waals surface area contributed by atoms with Crippen LogP contribution in [0.5, 0.6) is 0 Å². The van der Waals surface area contributed by atoms with Crippen molar-refractivity contribution in [3.8, 4) is 11.1 Å². The average molecular weight is 1070 g/mol. The van der Waals surface area contributed by atoms with E-state index in [4.69, 9.17) is 4.42 Å². The normalized spacial score (nSPS) is 13.9. The van der Waals surface area contributed by atoms with Crippen LogP contribution in [0.3, 0.4) is 0 Å². The number of sulfonamides is 2. The molecule has 0 bridgehead atoms. The van der Waals surface area contributed by atoms with Crippen LogP contribution in [0, 0.1) is 0 Å². The van der Waals surface area contributed by atoms with Gasteiger partial charge in [-0.3, -0.25) is 4.55 Å². The Balaban J connectivity index is 0.992. The van der Waals surface area contributed by atoms with Crippen molar-refractivity contribution in [3.63, 3.8) is 0 Å². The maximum Gasteiger partial charge on any atom is 0.363 e. The van der Waals surface area contributed by atoms with Gasteiger partial charge in [-0.25, -0.2) is 30.7 Å². The van der Waals surface area contributed by atoms with Gasteiger partial charge >= 0.3 is 11.2 Å².